The second kappa shape index (κ2) is 2.72. The first-order valence-electron chi connectivity index (χ1n) is 2.31. The summed E-state index contributed by atoms with van der Waals surface area (Å²) in [5.74, 6) is -0.742. The molecule has 0 fully saturated rings. The fourth-order valence-corrected chi connectivity index (χ4v) is 0.711. The van der Waals surface area contributed by atoms with Crippen LogP contribution in [0.3, 0.4) is 0 Å². The Hall–Kier alpha value is -1.01. The van der Waals surface area contributed by atoms with E-state index in [0.29, 0.717) is 0 Å². The van der Waals surface area contributed by atoms with Crippen molar-refractivity contribution in [1.82, 2.24) is 9.97 Å². The van der Waals surface area contributed by atoms with Gasteiger partial charge < -0.3 is 14.8 Å². The molecule has 1 heterocycles. The zero-order valence-corrected chi connectivity index (χ0v) is 5.54. The van der Waals surface area contributed by atoms with Crippen LogP contribution in [-0.4, -0.2) is 24.7 Å². The van der Waals surface area contributed by atoms with E-state index >= 15 is 0 Å². The van der Waals surface area contributed by atoms with Crippen molar-refractivity contribution in [3.05, 3.63) is 6.07 Å². The summed E-state index contributed by atoms with van der Waals surface area (Å²) in [7, 11) is 0. The molecule has 0 unspecified atom stereocenters. The van der Waals surface area contributed by atoms with E-state index in [1.807, 2.05) is 0 Å². The van der Waals surface area contributed by atoms with Gasteiger partial charge in [-0.1, -0.05) is 0 Å². The molecule has 6 heteroatoms. The first-order chi connectivity index (χ1) is 4.72. The summed E-state index contributed by atoms with van der Waals surface area (Å²) in [6.45, 7) is 0. The second-order valence-corrected chi connectivity index (χ2v) is 2.01. The maximum atomic E-state index is 8.69. The first-order valence-corrected chi connectivity index (χ1v) is 3.08. The fourth-order valence-electron chi connectivity index (χ4n) is 0.442. The lowest BCUT2D eigenvalue weighted by molar-refractivity contribution is 0.410. The van der Waals surface area contributed by atoms with Crippen molar-refractivity contribution >= 4 is 12.0 Å². The molecule has 3 N–H and O–H groups in total. The van der Waals surface area contributed by atoms with Crippen LogP contribution in [-0.2, 0) is 0 Å². The van der Waals surface area contributed by atoms with Gasteiger partial charge in [-0.05, 0) is 0 Å². The van der Waals surface area contributed by atoms with Crippen LogP contribution in [0.15, 0.2) is 11.2 Å². The SMILES string of the molecule is OSc1nc(O)cc(O)n1. The molecule has 0 aromatic carbocycles. The topological polar surface area (TPSA) is 86.5 Å². The number of rotatable bonds is 1. The Morgan fingerprint density at radius 2 is 1.70 bits per heavy atom. The van der Waals surface area contributed by atoms with Gasteiger partial charge in [0.25, 0.3) is 0 Å². The van der Waals surface area contributed by atoms with E-state index in [1.165, 1.54) is 0 Å². The minimum Gasteiger partial charge on any atom is -0.493 e. The molecule has 10 heavy (non-hydrogen) atoms. The quantitative estimate of drug-likeness (QED) is 0.408. The summed E-state index contributed by atoms with van der Waals surface area (Å²) in [6, 6.07) is 0.972. The van der Waals surface area contributed by atoms with Crippen molar-refractivity contribution in [3.8, 4) is 11.8 Å². The van der Waals surface area contributed by atoms with E-state index in [0.717, 1.165) is 6.07 Å². The van der Waals surface area contributed by atoms with Crippen molar-refractivity contribution in [2.24, 2.45) is 0 Å². The van der Waals surface area contributed by atoms with Gasteiger partial charge in [-0.15, -0.1) is 0 Å². The molecule has 0 spiro atoms. The molecule has 0 saturated heterocycles. The lowest BCUT2D eigenvalue weighted by atomic mass is 10.6. The van der Waals surface area contributed by atoms with Crippen LogP contribution in [0, 0.1) is 0 Å². The predicted molar refractivity (Wildman–Crippen MR) is 33.8 cm³/mol. The maximum Gasteiger partial charge on any atom is 0.221 e. The van der Waals surface area contributed by atoms with Crippen LogP contribution in [0.4, 0.5) is 0 Å². The largest absolute Gasteiger partial charge is 0.493 e. The average Bonchev–Trinajstić information content (AvgIpc) is 1.85. The van der Waals surface area contributed by atoms with Gasteiger partial charge >= 0.3 is 0 Å². The van der Waals surface area contributed by atoms with E-state index in [4.69, 9.17) is 14.8 Å². The number of hydrogen-bond acceptors (Lipinski definition) is 6. The van der Waals surface area contributed by atoms with Crippen molar-refractivity contribution in [1.29, 1.82) is 0 Å². The van der Waals surface area contributed by atoms with E-state index in [-0.39, 0.29) is 29.0 Å². The van der Waals surface area contributed by atoms with Gasteiger partial charge in [-0.3, -0.25) is 0 Å². The zero-order valence-electron chi connectivity index (χ0n) is 4.72. The van der Waals surface area contributed by atoms with Gasteiger partial charge in [0, 0.05) is 0 Å². The van der Waals surface area contributed by atoms with Gasteiger partial charge in [-0.25, -0.2) is 0 Å². The number of hydrogen-bond donors (Lipinski definition) is 3. The third kappa shape index (κ3) is 1.49. The molecule has 0 radical (unpaired) electrons. The summed E-state index contributed by atoms with van der Waals surface area (Å²) in [4.78, 5) is 6.70. The van der Waals surface area contributed by atoms with Crippen LogP contribution in [0.1, 0.15) is 0 Å². The van der Waals surface area contributed by atoms with E-state index in [9.17, 15) is 0 Å². The molecule has 1 aromatic rings. The Morgan fingerprint density at radius 1 is 1.20 bits per heavy atom. The van der Waals surface area contributed by atoms with Gasteiger partial charge in [0.15, 0.2) is 0 Å². The highest BCUT2D eigenvalue weighted by Gasteiger charge is 2.00. The molecule has 1 aromatic heterocycles. The van der Waals surface area contributed by atoms with Crippen molar-refractivity contribution in [2.75, 3.05) is 0 Å². The molecule has 0 aliphatic heterocycles. The Kier molecular flexibility index (Phi) is 1.93. The highest BCUT2D eigenvalue weighted by molar-refractivity contribution is 7.93. The molecule has 0 aliphatic rings. The molecule has 0 atom stereocenters. The molecule has 0 saturated carbocycles. The fraction of sp³-hybridized carbons (Fsp3) is 0. The van der Waals surface area contributed by atoms with Crippen molar-refractivity contribution in [2.45, 2.75) is 5.16 Å². The average molecular weight is 160 g/mol. The highest BCUT2D eigenvalue weighted by Crippen LogP contribution is 2.17. The monoisotopic (exact) mass is 160 g/mol. The number of nitrogens with zero attached hydrogens (tertiary/aromatic N) is 2. The summed E-state index contributed by atoms with van der Waals surface area (Å²) >= 11 is 0.255. The number of aromatic nitrogens is 2. The van der Waals surface area contributed by atoms with E-state index in [1.54, 1.807) is 0 Å². The van der Waals surface area contributed by atoms with E-state index in [2.05, 4.69) is 9.97 Å². The summed E-state index contributed by atoms with van der Waals surface area (Å²) < 4.78 is 8.36. The van der Waals surface area contributed by atoms with Crippen LogP contribution in [0.25, 0.3) is 0 Å². The first kappa shape index (κ1) is 7.10. The molecule has 0 bridgehead atoms. The van der Waals surface area contributed by atoms with Crippen LogP contribution < -0.4 is 0 Å². The Morgan fingerprint density at radius 3 is 2.10 bits per heavy atom. The maximum absolute atomic E-state index is 8.69. The normalized spacial score (nSPS) is 9.70. The molecular weight excluding hydrogens is 156 g/mol. The van der Waals surface area contributed by atoms with Gasteiger partial charge in [-0.2, -0.15) is 9.97 Å². The lowest BCUT2D eigenvalue weighted by Gasteiger charge is -1.94. The van der Waals surface area contributed by atoms with Gasteiger partial charge in [0.05, 0.1) is 18.1 Å². The molecule has 54 valence electrons. The molecule has 5 nitrogen and oxygen atoms in total. The van der Waals surface area contributed by atoms with Crippen molar-refractivity contribution in [3.63, 3.8) is 0 Å². The Balaban J connectivity index is 3.06. The second-order valence-electron chi connectivity index (χ2n) is 1.46. The summed E-state index contributed by atoms with van der Waals surface area (Å²) in [5, 5.41) is 17.3. The Bertz CT molecular complexity index is 222. The highest BCUT2D eigenvalue weighted by atomic mass is 32.2. The standard InChI is InChI=1S/C4H4N2O3S/c7-2-1-3(8)6-4(5-2)10-9/h1,9H,(H2,5,6,7,8). The van der Waals surface area contributed by atoms with Gasteiger partial charge in [0.2, 0.25) is 16.9 Å². The van der Waals surface area contributed by atoms with E-state index < -0.39 is 0 Å². The van der Waals surface area contributed by atoms with Gasteiger partial charge in [0.1, 0.15) is 0 Å². The van der Waals surface area contributed by atoms with Crippen molar-refractivity contribution < 1.29 is 14.8 Å². The van der Waals surface area contributed by atoms with Crippen LogP contribution in [0.2, 0.25) is 0 Å². The molecule has 1 rings (SSSR count). The lowest BCUT2D eigenvalue weighted by Crippen LogP contribution is -1.84. The molecule has 0 aliphatic carbocycles. The predicted octanol–water partition coefficient (Wildman–Crippen LogP) is 0.453. The minimum atomic E-state index is -0.371. The number of aromatic hydroxyl groups is 2. The third-order valence-electron chi connectivity index (χ3n) is 0.760. The van der Waals surface area contributed by atoms with Crippen LogP contribution in [0.5, 0.6) is 11.8 Å². The third-order valence-corrected chi connectivity index (χ3v) is 1.11. The smallest absolute Gasteiger partial charge is 0.221 e. The molecular formula is C4H4N2O3S. The minimum absolute atomic E-state index is 0.0856. The summed E-state index contributed by atoms with van der Waals surface area (Å²) in [5.41, 5.74) is 0. The zero-order chi connectivity index (χ0) is 7.56. The summed E-state index contributed by atoms with van der Waals surface area (Å²) in [6.07, 6.45) is 0. The Labute approximate surface area is 60.6 Å². The molecule has 0 amide bonds. The van der Waals surface area contributed by atoms with Crippen LogP contribution >= 0.6 is 12.0 Å².